The fraction of sp³-hybridized carbons (Fsp3) is 0.0769. The zero-order valence-corrected chi connectivity index (χ0v) is 19.7. The zero-order chi connectivity index (χ0) is 24.7. The largest absolute Gasteiger partial charge is 0.494 e. The van der Waals surface area contributed by atoms with Crippen LogP contribution in [0, 0.1) is 0 Å². The van der Waals surface area contributed by atoms with Crippen LogP contribution in [0.4, 0.5) is 11.4 Å². The van der Waals surface area contributed by atoms with E-state index in [1.807, 2.05) is 6.92 Å². The van der Waals surface area contributed by atoms with Gasteiger partial charge in [-0.3, -0.25) is 14.5 Å². The average molecular weight is 490 g/mol. The van der Waals surface area contributed by atoms with E-state index < -0.39 is 10.0 Å². The highest BCUT2D eigenvalue weighted by Crippen LogP contribution is 2.23. The third kappa shape index (κ3) is 6.36. The van der Waals surface area contributed by atoms with Gasteiger partial charge in [0.15, 0.2) is 0 Å². The van der Waals surface area contributed by atoms with Crippen LogP contribution in [0.25, 0.3) is 0 Å². The third-order valence-corrected chi connectivity index (χ3v) is 6.24. The number of rotatable bonds is 9. The fourth-order valence-electron chi connectivity index (χ4n) is 3.14. The number of aromatic nitrogens is 1. The third-order valence-electron chi connectivity index (χ3n) is 4.84. The molecular formula is C26H23N3O5S. The number of nitrogens with one attached hydrogen (secondary N) is 2. The smallest absolute Gasteiger partial charge is 0.261 e. The van der Waals surface area contributed by atoms with Gasteiger partial charge in [-0.05, 0) is 91.9 Å². The lowest BCUT2D eigenvalue weighted by atomic mass is 10.2. The van der Waals surface area contributed by atoms with Crippen LogP contribution in [0.15, 0.2) is 102 Å². The topological polar surface area (TPSA) is 107 Å². The summed E-state index contributed by atoms with van der Waals surface area (Å²) >= 11 is 0. The lowest BCUT2D eigenvalue weighted by Gasteiger charge is -2.10. The number of benzene rings is 3. The molecule has 4 rings (SSSR count). The first kappa shape index (κ1) is 23.8. The molecule has 0 bridgehead atoms. The second kappa shape index (κ2) is 10.7. The first-order valence-electron chi connectivity index (χ1n) is 10.8. The van der Waals surface area contributed by atoms with Gasteiger partial charge < -0.3 is 14.8 Å². The Balaban J connectivity index is 1.36. The molecule has 8 nitrogen and oxygen atoms in total. The highest BCUT2D eigenvalue weighted by atomic mass is 32.2. The molecule has 1 amide bonds. The molecule has 178 valence electrons. The summed E-state index contributed by atoms with van der Waals surface area (Å²) in [4.78, 5) is 16.6. The molecule has 0 aliphatic rings. The fourth-order valence-corrected chi connectivity index (χ4v) is 4.20. The second-order valence-electron chi connectivity index (χ2n) is 7.35. The molecule has 0 saturated heterocycles. The minimum Gasteiger partial charge on any atom is -0.494 e. The van der Waals surface area contributed by atoms with Gasteiger partial charge in [-0.2, -0.15) is 0 Å². The van der Waals surface area contributed by atoms with Gasteiger partial charge in [0.25, 0.3) is 15.9 Å². The van der Waals surface area contributed by atoms with Crippen molar-refractivity contribution in [2.24, 2.45) is 0 Å². The summed E-state index contributed by atoms with van der Waals surface area (Å²) in [6.07, 6.45) is 3.28. The van der Waals surface area contributed by atoms with Crippen molar-refractivity contribution in [1.29, 1.82) is 0 Å². The summed E-state index contributed by atoms with van der Waals surface area (Å²) in [5.41, 5.74) is 1.32. The molecule has 0 unspecified atom stereocenters. The second-order valence-corrected chi connectivity index (χ2v) is 9.03. The van der Waals surface area contributed by atoms with Crippen molar-refractivity contribution >= 4 is 27.3 Å². The number of carbonyl (C=O) groups excluding carboxylic acids is 1. The highest BCUT2D eigenvalue weighted by Gasteiger charge is 2.15. The van der Waals surface area contributed by atoms with Crippen molar-refractivity contribution in [3.05, 3.63) is 103 Å². The molecular weight excluding hydrogens is 466 g/mol. The van der Waals surface area contributed by atoms with Crippen LogP contribution in [-0.2, 0) is 10.0 Å². The molecule has 0 fully saturated rings. The maximum atomic E-state index is 12.6. The lowest BCUT2D eigenvalue weighted by Crippen LogP contribution is -2.14. The Morgan fingerprint density at radius 1 is 0.771 bits per heavy atom. The van der Waals surface area contributed by atoms with Crippen LogP contribution in [0.1, 0.15) is 17.3 Å². The van der Waals surface area contributed by atoms with Gasteiger partial charge in [-0.15, -0.1) is 0 Å². The SMILES string of the molecule is CCOc1ccc(S(=O)(=O)Nc2ccc(C(=O)Nc3ccc(Oc4ccncc4)cc3)cc2)cc1. The van der Waals surface area contributed by atoms with E-state index >= 15 is 0 Å². The zero-order valence-electron chi connectivity index (χ0n) is 18.8. The minimum atomic E-state index is -3.77. The Labute approximate surface area is 203 Å². The van der Waals surface area contributed by atoms with E-state index in [9.17, 15) is 13.2 Å². The van der Waals surface area contributed by atoms with E-state index in [0.29, 0.717) is 40.8 Å². The molecule has 9 heteroatoms. The molecule has 0 aliphatic heterocycles. The molecule has 1 aromatic heterocycles. The van der Waals surface area contributed by atoms with E-state index in [-0.39, 0.29) is 10.8 Å². The van der Waals surface area contributed by atoms with Crippen LogP contribution in [0.3, 0.4) is 0 Å². The molecule has 0 spiro atoms. The molecule has 3 aromatic carbocycles. The Morgan fingerprint density at radius 2 is 1.34 bits per heavy atom. The number of nitrogens with zero attached hydrogens (tertiary/aromatic N) is 1. The molecule has 0 radical (unpaired) electrons. The number of hydrogen-bond acceptors (Lipinski definition) is 6. The normalized spacial score (nSPS) is 10.9. The molecule has 2 N–H and O–H groups in total. The van der Waals surface area contributed by atoms with Crippen LogP contribution in [-0.4, -0.2) is 25.9 Å². The molecule has 0 aliphatic carbocycles. The molecule has 1 heterocycles. The molecule has 0 saturated carbocycles. The Bertz CT molecular complexity index is 1370. The Kier molecular flexibility index (Phi) is 7.27. The van der Waals surface area contributed by atoms with Gasteiger partial charge >= 0.3 is 0 Å². The minimum absolute atomic E-state index is 0.110. The number of pyridine rings is 1. The van der Waals surface area contributed by atoms with Crippen LogP contribution in [0.5, 0.6) is 17.2 Å². The van der Waals surface area contributed by atoms with E-state index in [1.54, 1.807) is 73.1 Å². The number of sulfonamides is 1. The Hall–Kier alpha value is -4.37. The number of ether oxygens (including phenoxy) is 2. The van der Waals surface area contributed by atoms with Crippen molar-refractivity contribution < 1.29 is 22.7 Å². The van der Waals surface area contributed by atoms with Gasteiger partial charge in [0.2, 0.25) is 0 Å². The summed E-state index contributed by atoms with van der Waals surface area (Å²) in [5, 5.41) is 2.80. The first-order chi connectivity index (χ1) is 16.9. The first-order valence-corrected chi connectivity index (χ1v) is 12.3. The predicted octanol–water partition coefficient (Wildman–Crippen LogP) is 5.33. The van der Waals surface area contributed by atoms with Gasteiger partial charge in [-0.1, -0.05) is 0 Å². The van der Waals surface area contributed by atoms with E-state index in [4.69, 9.17) is 9.47 Å². The lowest BCUT2D eigenvalue weighted by molar-refractivity contribution is 0.102. The van der Waals surface area contributed by atoms with Crippen molar-refractivity contribution in [2.45, 2.75) is 11.8 Å². The standard InChI is InChI=1S/C26H23N3O5S/c1-2-33-22-11-13-25(14-12-22)35(31,32)29-21-5-3-19(4-6-21)26(30)28-20-7-9-23(10-8-20)34-24-15-17-27-18-16-24/h3-18,29H,2H2,1H3,(H,28,30). The van der Waals surface area contributed by atoms with Crippen molar-refractivity contribution in [3.8, 4) is 17.2 Å². The Morgan fingerprint density at radius 3 is 1.97 bits per heavy atom. The number of carbonyl (C=O) groups is 1. The van der Waals surface area contributed by atoms with E-state index in [1.165, 1.54) is 24.3 Å². The van der Waals surface area contributed by atoms with Gasteiger partial charge in [0, 0.05) is 29.3 Å². The van der Waals surface area contributed by atoms with Crippen molar-refractivity contribution in [2.75, 3.05) is 16.6 Å². The van der Waals surface area contributed by atoms with Gasteiger partial charge in [0.1, 0.15) is 17.2 Å². The molecule has 35 heavy (non-hydrogen) atoms. The van der Waals surface area contributed by atoms with E-state index in [0.717, 1.165) is 0 Å². The van der Waals surface area contributed by atoms with E-state index in [2.05, 4.69) is 15.0 Å². The number of hydrogen-bond donors (Lipinski definition) is 2. The molecule has 4 aromatic rings. The summed E-state index contributed by atoms with van der Waals surface area (Å²) in [6, 6.07) is 22.8. The van der Waals surface area contributed by atoms with Crippen molar-refractivity contribution in [1.82, 2.24) is 4.98 Å². The van der Waals surface area contributed by atoms with Crippen LogP contribution in [0.2, 0.25) is 0 Å². The van der Waals surface area contributed by atoms with Gasteiger partial charge in [0.05, 0.1) is 11.5 Å². The van der Waals surface area contributed by atoms with Gasteiger partial charge in [-0.25, -0.2) is 8.42 Å². The monoisotopic (exact) mass is 489 g/mol. The van der Waals surface area contributed by atoms with Crippen LogP contribution < -0.4 is 19.5 Å². The van der Waals surface area contributed by atoms with Crippen molar-refractivity contribution in [3.63, 3.8) is 0 Å². The predicted molar refractivity (Wildman–Crippen MR) is 134 cm³/mol. The maximum absolute atomic E-state index is 12.6. The number of anilines is 2. The summed E-state index contributed by atoms with van der Waals surface area (Å²) in [7, 11) is -3.77. The summed E-state index contributed by atoms with van der Waals surface area (Å²) in [6.45, 7) is 2.35. The highest BCUT2D eigenvalue weighted by molar-refractivity contribution is 7.92. The average Bonchev–Trinajstić information content (AvgIpc) is 2.87. The quantitative estimate of drug-likeness (QED) is 0.329. The van der Waals surface area contributed by atoms with Crippen LogP contribution >= 0.6 is 0 Å². The molecule has 0 atom stereocenters. The number of amides is 1. The summed E-state index contributed by atoms with van der Waals surface area (Å²) < 4.78 is 38.8. The summed E-state index contributed by atoms with van der Waals surface area (Å²) in [5.74, 6) is 1.56. The maximum Gasteiger partial charge on any atom is 0.261 e.